The lowest BCUT2D eigenvalue weighted by atomic mass is 9.44. The van der Waals surface area contributed by atoms with Crippen molar-refractivity contribution in [2.24, 2.45) is 28.6 Å². The number of carbonyl (C=O) groups excluding carboxylic acids is 2. The number of carbonyl (C=O) groups is 2. The smallest absolute Gasteiger partial charge is 0.338 e. The molecule has 3 heterocycles. The molecule has 8 rings (SSSR count). The van der Waals surface area contributed by atoms with Crippen molar-refractivity contribution in [3.63, 3.8) is 0 Å². The number of aliphatic hydroxyl groups excluding tert-OH is 3. The van der Waals surface area contributed by atoms with E-state index in [4.69, 9.17) is 52.1 Å². The predicted molar refractivity (Wildman–Crippen MR) is 242 cm³/mol. The first-order valence-electron chi connectivity index (χ1n) is 24.7. The van der Waals surface area contributed by atoms with Crippen molar-refractivity contribution in [3.05, 3.63) is 47.5 Å². The lowest BCUT2D eigenvalue weighted by Gasteiger charge is -2.64. The Morgan fingerprint density at radius 2 is 1.40 bits per heavy atom. The molecular weight excluding hydrogens is 885 g/mol. The Hall–Kier alpha value is -2.62. The number of aliphatic hydroxyl groups is 4. The van der Waals surface area contributed by atoms with Crippen molar-refractivity contribution in [2.75, 3.05) is 21.3 Å². The maximum absolute atomic E-state index is 13.8. The van der Waals surface area contributed by atoms with E-state index in [2.05, 4.69) is 6.92 Å². The fraction of sp³-hybridized carbons (Fsp3) is 0.804. The summed E-state index contributed by atoms with van der Waals surface area (Å²) in [6.45, 7) is 12.8. The minimum atomic E-state index is -1.43. The first kappa shape index (κ1) is 51.7. The topological polar surface area (TPSA) is 217 Å². The zero-order valence-electron chi connectivity index (χ0n) is 41.3. The molecule has 0 amide bonds. The Balaban J connectivity index is 0.928. The van der Waals surface area contributed by atoms with Gasteiger partial charge in [-0.15, -0.1) is 0 Å². The summed E-state index contributed by atoms with van der Waals surface area (Å²) in [5.74, 6) is -2.00. The van der Waals surface area contributed by atoms with Crippen LogP contribution in [0.25, 0.3) is 0 Å². The molecule has 382 valence electrons. The van der Waals surface area contributed by atoms with Gasteiger partial charge in [-0.1, -0.05) is 43.7 Å². The lowest BCUT2D eigenvalue weighted by molar-refractivity contribution is -0.352. The van der Waals surface area contributed by atoms with Gasteiger partial charge in [0.2, 0.25) is 0 Å². The molecule has 0 aromatic heterocycles. The predicted octanol–water partition coefficient (Wildman–Crippen LogP) is 4.38. The number of hydrogen-bond donors (Lipinski definition) is 4. The highest BCUT2D eigenvalue weighted by Crippen LogP contribution is 2.69. The summed E-state index contributed by atoms with van der Waals surface area (Å²) < 4.78 is 67.8. The van der Waals surface area contributed by atoms with E-state index in [-0.39, 0.29) is 17.9 Å². The Kier molecular flexibility index (Phi) is 15.6. The molecule has 68 heavy (non-hydrogen) atoms. The average molecular weight is 961 g/mol. The van der Waals surface area contributed by atoms with Crippen LogP contribution in [0.5, 0.6) is 0 Å². The van der Waals surface area contributed by atoms with E-state index < -0.39 is 133 Å². The first-order valence-corrected chi connectivity index (χ1v) is 24.7. The molecule has 4 unspecified atom stereocenters. The van der Waals surface area contributed by atoms with E-state index in [1.54, 1.807) is 45.4 Å². The molecule has 0 bridgehead atoms. The third-order valence-electron chi connectivity index (χ3n) is 17.4. The molecule has 1 aromatic rings. The summed E-state index contributed by atoms with van der Waals surface area (Å²) in [6, 6.07) is 8.84. The quantitative estimate of drug-likeness (QED) is 0.159. The summed E-state index contributed by atoms with van der Waals surface area (Å²) in [5, 5.41) is 46.7. The lowest BCUT2D eigenvalue weighted by Crippen LogP contribution is -2.69. The number of esters is 2. The van der Waals surface area contributed by atoms with Crippen LogP contribution in [0.1, 0.15) is 110 Å². The number of methoxy groups -OCH3 is 3. The van der Waals surface area contributed by atoms with Gasteiger partial charge in [0.1, 0.15) is 42.7 Å². The van der Waals surface area contributed by atoms with Crippen LogP contribution in [0, 0.1) is 28.6 Å². The van der Waals surface area contributed by atoms with Crippen LogP contribution in [0.2, 0.25) is 0 Å². The molecular formula is C51H76O17. The summed E-state index contributed by atoms with van der Waals surface area (Å²) in [7, 11) is 4.63. The van der Waals surface area contributed by atoms with Crippen molar-refractivity contribution in [2.45, 2.75) is 210 Å². The Morgan fingerprint density at radius 1 is 0.765 bits per heavy atom. The van der Waals surface area contributed by atoms with Crippen molar-refractivity contribution in [1.82, 2.24) is 0 Å². The summed E-state index contributed by atoms with van der Waals surface area (Å²) >= 11 is 0. The Morgan fingerprint density at radius 3 is 2.01 bits per heavy atom. The number of fused-ring (bicyclic) bond motifs is 5. The molecule has 0 radical (unpaired) electrons. The monoisotopic (exact) mass is 961 g/mol. The van der Waals surface area contributed by atoms with Gasteiger partial charge in [0.05, 0.1) is 53.9 Å². The van der Waals surface area contributed by atoms with Crippen molar-refractivity contribution in [3.8, 4) is 0 Å². The largest absolute Gasteiger partial charge is 0.463 e. The fourth-order valence-electron chi connectivity index (χ4n) is 13.7. The zero-order chi connectivity index (χ0) is 49.0. The normalized spacial score (nSPS) is 47.4. The average Bonchev–Trinajstić information content (AvgIpc) is 3.59. The van der Waals surface area contributed by atoms with E-state index in [1.165, 1.54) is 14.0 Å². The van der Waals surface area contributed by atoms with Crippen LogP contribution in [0.15, 0.2) is 42.0 Å². The van der Waals surface area contributed by atoms with Gasteiger partial charge in [0, 0.05) is 58.3 Å². The number of rotatable bonds is 13. The molecule has 17 heteroatoms. The summed E-state index contributed by atoms with van der Waals surface area (Å²) in [6.07, 6.45) is -5.75. The Bertz CT molecular complexity index is 1940. The maximum atomic E-state index is 13.8. The summed E-state index contributed by atoms with van der Waals surface area (Å²) in [5.41, 5.74) is -1.44. The van der Waals surface area contributed by atoms with Gasteiger partial charge in [0.15, 0.2) is 18.9 Å². The van der Waals surface area contributed by atoms with Gasteiger partial charge >= 0.3 is 11.9 Å². The van der Waals surface area contributed by atoms with E-state index >= 15 is 0 Å². The van der Waals surface area contributed by atoms with Crippen LogP contribution in [-0.2, 0) is 56.9 Å². The van der Waals surface area contributed by atoms with Crippen LogP contribution < -0.4 is 0 Å². The second kappa shape index (κ2) is 20.5. The highest BCUT2D eigenvalue weighted by molar-refractivity contribution is 5.89. The molecule has 4 N–H and O–H groups in total. The molecule has 17 nitrogen and oxygen atoms in total. The first-order chi connectivity index (χ1) is 32.3. The van der Waals surface area contributed by atoms with Gasteiger partial charge in [-0.25, -0.2) is 4.79 Å². The number of hydrogen-bond acceptors (Lipinski definition) is 17. The van der Waals surface area contributed by atoms with Gasteiger partial charge in [-0.2, -0.15) is 0 Å². The molecule has 23 atom stereocenters. The van der Waals surface area contributed by atoms with Gasteiger partial charge in [0.25, 0.3) is 0 Å². The van der Waals surface area contributed by atoms with E-state index in [0.29, 0.717) is 56.9 Å². The third-order valence-corrected chi connectivity index (χ3v) is 17.4. The second-order valence-electron chi connectivity index (χ2n) is 21.0. The zero-order valence-corrected chi connectivity index (χ0v) is 41.3. The molecule has 3 saturated heterocycles. The fourth-order valence-corrected chi connectivity index (χ4v) is 13.7. The molecule has 1 aromatic carbocycles. The minimum absolute atomic E-state index is 0.228. The molecule has 3 saturated carbocycles. The SMILES string of the molecule is CO[C@H]1[C@@H](O)[C@H](O[C@H]2[C@@H](OC)C[C@H](O[C@H]3[C@@H](OC)C[C@H](O[C@H]4CC[C@@]5(C)C(=CC(O)C6C5C[C@@H](OC(=O)c5ccccc5)[C@]5(C)[C@@H](C(C)OC(C)=O)CC[C@]65O)C4)O[C@@H]3C)O[C@@H]2C)O[C@H](C)[C@H]1O. The van der Waals surface area contributed by atoms with Crippen LogP contribution >= 0.6 is 0 Å². The summed E-state index contributed by atoms with van der Waals surface area (Å²) in [4.78, 5) is 26.0. The van der Waals surface area contributed by atoms with Crippen LogP contribution in [0.4, 0.5) is 0 Å². The highest BCUT2D eigenvalue weighted by atomic mass is 16.8. The van der Waals surface area contributed by atoms with Gasteiger partial charge < -0.3 is 72.5 Å². The van der Waals surface area contributed by atoms with Crippen molar-refractivity contribution >= 4 is 11.9 Å². The number of ether oxygens (including phenoxy) is 11. The van der Waals surface area contributed by atoms with Gasteiger partial charge in [-0.05, 0) is 89.7 Å². The van der Waals surface area contributed by atoms with E-state index in [0.717, 1.165) is 5.57 Å². The van der Waals surface area contributed by atoms with Crippen molar-refractivity contribution in [1.29, 1.82) is 0 Å². The molecule has 7 aliphatic rings. The molecule has 3 aliphatic heterocycles. The maximum Gasteiger partial charge on any atom is 0.338 e. The van der Waals surface area contributed by atoms with Gasteiger partial charge in [-0.3, -0.25) is 4.79 Å². The molecule has 0 spiro atoms. The standard InChI is InChI=1S/C51H76O17/c1-25(61-29(5)52)33-17-19-51(57)41-34(22-38(50(33,51)7)66-47(56)30-14-12-11-13-15-30)49(6)18-16-32(20-31(49)21-35(41)53)65-39-23-36(58-8)44(27(3)62-39)67-40-24-37(59-9)45(28(4)63-40)68-48-43(55)46(60-10)42(54)26(2)64-48/h11-15,21,25-28,32-46,48,53-55,57H,16-20,22-24H2,1-10H3/t25?,26-,27-,28-,32+,33-,34?,35?,36+,37+,38-,39+,40+,41?,42-,43-,44-,45-,46-,48+,49+,50+,51+/m1/s1. The second-order valence-corrected chi connectivity index (χ2v) is 21.0. The number of benzene rings is 1. The highest BCUT2D eigenvalue weighted by Gasteiger charge is 2.73. The van der Waals surface area contributed by atoms with E-state index in [1.807, 2.05) is 39.8 Å². The third kappa shape index (κ3) is 9.35. The van der Waals surface area contributed by atoms with Crippen molar-refractivity contribution < 1.29 is 82.1 Å². The minimum Gasteiger partial charge on any atom is -0.463 e. The van der Waals surface area contributed by atoms with Crippen LogP contribution in [0.3, 0.4) is 0 Å². The van der Waals surface area contributed by atoms with Crippen LogP contribution in [-0.4, -0.2) is 164 Å². The molecule has 6 fully saturated rings. The molecule has 4 aliphatic carbocycles. The Labute approximate surface area is 400 Å². The van der Waals surface area contributed by atoms with E-state index in [9.17, 15) is 30.0 Å².